The van der Waals surface area contributed by atoms with Crippen molar-refractivity contribution in [3.05, 3.63) is 41.7 Å². The lowest BCUT2D eigenvalue weighted by atomic mass is 10.0. The highest BCUT2D eigenvalue weighted by Gasteiger charge is 2.14. The molecule has 2 aromatic rings. The maximum atomic E-state index is 12.2. The summed E-state index contributed by atoms with van der Waals surface area (Å²) in [5.74, 6) is 0.673. The second-order valence-electron chi connectivity index (χ2n) is 6.22. The topological polar surface area (TPSA) is 76.4 Å². The average Bonchev–Trinajstić information content (AvgIpc) is 3.01. The van der Waals surface area contributed by atoms with Gasteiger partial charge in [-0.25, -0.2) is 4.68 Å². The molecule has 1 aromatic carbocycles. The van der Waals surface area contributed by atoms with Crippen LogP contribution in [0.5, 0.6) is 5.75 Å². The maximum Gasteiger partial charge on any atom is 0.271 e. The Balaban J connectivity index is 2.08. The number of aliphatic hydroxyl groups excluding tert-OH is 1. The molecular formula is C18H25N3O3. The van der Waals surface area contributed by atoms with E-state index in [4.69, 9.17) is 4.74 Å². The van der Waals surface area contributed by atoms with Gasteiger partial charge in [0.05, 0.1) is 13.2 Å². The summed E-state index contributed by atoms with van der Waals surface area (Å²) in [7, 11) is 1.61. The van der Waals surface area contributed by atoms with Gasteiger partial charge in [0.15, 0.2) is 5.69 Å². The lowest BCUT2D eigenvalue weighted by molar-refractivity contribution is 0.0934. The molecule has 2 unspecified atom stereocenters. The number of carbonyl (C=O) groups excluding carboxylic acids is 1. The number of nitrogens with one attached hydrogen (secondary N) is 1. The van der Waals surface area contributed by atoms with Crippen LogP contribution in [0.3, 0.4) is 0 Å². The molecule has 6 heteroatoms. The van der Waals surface area contributed by atoms with E-state index in [1.165, 1.54) is 0 Å². The van der Waals surface area contributed by atoms with Gasteiger partial charge in [-0.3, -0.25) is 4.79 Å². The summed E-state index contributed by atoms with van der Waals surface area (Å²) in [5.41, 5.74) is 2.22. The largest absolute Gasteiger partial charge is 0.494 e. The molecule has 2 atom stereocenters. The molecule has 6 nitrogen and oxygen atoms in total. The van der Waals surface area contributed by atoms with Crippen molar-refractivity contribution in [3.63, 3.8) is 0 Å². The third kappa shape index (κ3) is 4.58. The number of amides is 1. The minimum absolute atomic E-state index is 0.202. The van der Waals surface area contributed by atoms with Crippen LogP contribution in [0.4, 0.5) is 0 Å². The SMILES string of the molecule is COc1ccc(C)cc1-n1ccc(C(=O)NCC(C)CC(C)O)n1. The van der Waals surface area contributed by atoms with Crippen LogP contribution in [0.1, 0.15) is 36.3 Å². The fourth-order valence-corrected chi connectivity index (χ4v) is 2.58. The number of rotatable bonds is 7. The third-order valence-electron chi connectivity index (χ3n) is 3.76. The summed E-state index contributed by atoms with van der Waals surface area (Å²) in [4.78, 5) is 12.2. The number of hydrogen-bond donors (Lipinski definition) is 2. The standard InChI is InChI=1S/C18H25N3O3/c1-12-5-6-17(24-4)16(10-12)21-8-7-15(20-21)18(23)19-11-13(2)9-14(3)22/h5-8,10,13-14,22H,9,11H2,1-4H3,(H,19,23). The van der Waals surface area contributed by atoms with E-state index in [1.54, 1.807) is 31.0 Å². The molecule has 0 fully saturated rings. The van der Waals surface area contributed by atoms with Crippen LogP contribution in [-0.4, -0.2) is 40.6 Å². The zero-order valence-corrected chi connectivity index (χ0v) is 14.6. The van der Waals surface area contributed by atoms with E-state index in [1.807, 2.05) is 32.0 Å². The van der Waals surface area contributed by atoms with Crippen molar-refractivity contribution in [2.24, 2.45) is 5.92 Å². The predicted molar refractivity (Wildman–Crippen MR) is 92.6 cm³/mol. The number of carbonyl (C=O) groups is 1. The van der Waals surface area contributed by atoms with Crippen LogP contribution >= 0.6 is 0 Å². The normalized spacial score (nSPS) is 13.4. The first-order valence-corrected chi connectivity index (χ1v) is 8.07. The molecule has 2 rings (SSSR count). The van der Waals surface area contributed by atoms with Crippen LogP contribution in [0.2, 0.25) is 0 Å². The Kier molecular flexibility index (Phi) is 5.98. The summed E-state index contributed by atoms with van der Waals surface area (Å²) in [6.45, 7) is 6.23. The van der Waals surface area contributed by atoms with Gasteiger partial charge in [0, 0.05) is 12.7 Å². The fraction of sp³-hybridized carbons (Fsp3) is 0.444. The van der Waals surface area contributed by atoms with Gasteiger partial charge >= 0.3 is 0 Å². The molecule has 24 heavy (non-hydrogen) atoms. The molecule has 0 saturated carbocycles. The van der Waals surface area contributed by atoms with Crippen molar-refractivity contribution >= 4 is 5.91 Å². The van der Waals surface area contributed by atoms with E-state index in [0.29, 0.717) is 24.4 Å². The Morgan fingerprint density at radius 2 is 2.12 bits per heavy atom. The number of methoxy groups -OCH3 is 1. The van der Waals surface area contributed by atoms with E-state index in [-0.39, 0.29) is 17.9 Å². The summed E-state index contributed by atoms with van der Waals surface area (Å²) in [5, 5.41) is 16.6. The first kappa shape index (κ1) is 18.0. The van der Waals surface area contributed by atoms with Crippen molar-refractivity contribution in [3.8, 4) is 11.4 Å². The maximum absolute atomic E-state index is 12.2. The first-order chi connectivity index (χ1) is 11.4. The molecule has 0 saturated heterocycles. The van der Waals surface area contributed by atoms with Crippen LogP contribution in [0.15, 0.2) is 30.5 Å². The first-order valence-electron chi connectivity index (χ1n) is 8.07. The van der Waals surface area contributed by atoms with Crippen LogP contribution < -0.4 is 10.1 Å². The van der Waals surface area contributed by atoms with Gasteiger partial charge in [-0.05, 0) is 49.9 Å². The summed E-state index contributed by atoms with van der Waals surface area (Å²) in [6, 6.07) is 7.47. The summed E-state index contributed by atoms with van der Waals surface area (Å²) >= 11 is 0. The van der Waals surface area contributed by atoms with Gasteiger partial charge in [0.25, 0.3) is 5.91 Å². The highest BCUT2D eigenvalue weighted by Crippen LogP contribution is 2.23. The van der Waals surface area contributed by atoms with Gasteiger partial charge in [-0.15, -0.1) is 0 Å². The molecule has 0 spiro atoms. The number of aromatic nitrogens is 2. The summed E-state index contributed by atoms with van der Waals surface area (Å²) in [6.07, 6.45) is 2.02. The van der Waals surface area contributed by atoms with Crippen LogP contribution in [-0.2, 0) is 0 Å². The molecule has 0 aliphatic carbocycles. The Morgan fingerprint density at radius 3 is 2.79 bits per heavy atom. The smallest absolute Gasteiger partial charge is 0.271 e. The fourth-order valence-electron chi connectivity index (χ4n) is 2.58. The number of aryl methyl sites for hydroxylation is 1. The summed E-state index contributed by atoms with van der Waals surface area (Å²) < 4.78 is 6.99. The molecule has 2 N–H and O–H groups in total. The van der Waals surface area contributed by atoms with E-state index in [9.17, 15) is 9.90 Å². The van der Waals surface area contributed by atoms with E-state index in [0.717, 1.165) is 11.3 Å². The Hall–Kier alpha value is -2.34. The monoisotopic (exact) mass is 331 g/mol. The molecule has 1 amide bonds. The van der Waals surface area contributed by atoms with E-state index >= 15 is 0 Å². The highest BCUT2D eigenvalue weighted by molar-refractivity contribution is 5.92. The van der Waals surface area contributed by atoms with Gasteiger partial charge in [-0.1, -0.05) is 13.0 Å². The van der Waals surface area contributed by atoms with Crippen molar-refractivity contribution in [1.29, 1.82) is 0 Å². The number of hydrogen-bond acceptors (Lipinski definition) is 4. The zero-order chi connectivity index (χ0) is 17.7. The second-order valence-corrected chi connectivity index (χ2v) is 6.22. The van der Waals surface area contributed by atoms with Crippen LogP contribution in [0.25, 0.3) is 5.69 Å². The quantitative estimate of drug-likeness (QED) is 0.816. The molecule has 0 bridgehead atoms. The van der Waals surface area contributed by atoms with Crippen molar-refractivity contribution < 1.29 is 14.6 Å². The van der Waals surface area contributed by atoms with E-state index in [2.05, 4.69) is 10.4 Å². The molecule has 1 aromatic heterocycles. The number of aliphatic hydroxyl groups is 1. The van der Waals surface area contributed by atoms with Crippen LogP contribution in [0, 0.1) is 12.8 Å². The van der Waals surface area contributed by atoms with Crippen molar-refractivity contribution in [1.82, 2.24) is 15.1 Å². The lowest BCUT2D eigenvalue weighted by Crippen LogP contribution is -2.29. The minimum atomic E-state index is -0.370. The number of benzene rings is 1. The highest BCUT2D eigenvalue weighted by atomic mass is 16.5. The molecule has 0 radical (unpaired) electrons. The molecular weight excluding hydrogens is 306 g/mol. The number of nitrogens with zero attached hydrogens (tertiary/aromatic N) is 2. The molecule has 0 aliphatic heterocycles. The molecule has 0 aliphatic rings. The van der Waals surface area contributed by atoms with Crippen molar-refractivity contribution in [2.75, 3.05) is 13.7 Å². The van der Waals surface area contributed by atoms with Gasteiger partial charge in [0.1, 0.15) is 11.4 Å². The third-order valence-corrected chi connectivity index (χ3v) is 3.76. The molecule has 1 heterocycles. The Morgan fingerprint density at radius 1 is 1.38 bits per heavy atom. The van der Waals surface area contributed by atoms with Gasteiger partial charge < -0.3 is 15.2 Å². The minimum Gasteiger partial charge on any atom is -0.494 e. The second kappa shape index (κ2) is 7.97. The van der Waals surface area contributed by atoms with Gasteiger partial charge in [0.2, 0.25) is 0 Å². The average molecular weight is 331 g/mol. The zero-order valence-electron chi connectivity index (χ0n) is 14.6. The lowest BCUT2D eigenvalue weighted by Gasteiger charge is -2.13. The molecule has 130 valence electrons. The van der Waals surface area contributed by atoms with Crippen molar-refractivity contribution in [2.45, 2.75) is 33.3 Å². The Bertz CT molecular complexity index is 695. The number of ether oxygens (including phenoxy) is 1. The predicted octanol–water partition coefficient (Wildman–Crippen LogP) is 2.33. The Labute approximate surface area is 142 Å². The van der Waals surface area contributed by atoms with E-state index < -0.39 is 0 Å². The van der Waals surface area contributed by atoms with Gasteiger partial charge in [-0.2, -0.15) is 5.10 Å².